The summed E-state index contributed by atoms with van der Waals surface area (Å²) in [6.45, 7) is 7.15. The summed E-state index contributed by atoms with van der Waals surface area (Å²) in [6, 6.07) is 0.245. The van der Waals surface area contributed by atoms with Crippen LogP contribution in [0.1, 0.15) is 40.0 Å². The van der Waals surface area contributed by atoms with Crippen LogP contribution in [0.25, 0.3) is 0 Å². The summed E-state index contributed by atoms with van der Waals surface area (Å²) in [5, 5.41) is 15.1. The second-order valence-electron chi connectivity index (χ2n) is 4.35. The van der Waals surface area contributed by atoms with Gasteiger partial charge in [0.05, 0.1) is 5.75 Å². The number of carbonyl (C=O) groups is 1. The molecule has 1 aromatic rings. The first-order chi connectivity index (χ1) is 9.15. The second-order valence-corrected chi connectivity index (χ2v) is 6.55. The predicted molar refractivity (Wildman–Crippen MR) is 81.9 cm³/mol. The zero-order valence-electron chi connectivity index (χ0n) is 11.7. The number of anilines is 1. The summed E-state index contributed by atoms with van der Waals surface area (Å²) in [5.41, 5.74) is 0. The molecule has 1 unspecified atom stereocenters. The molecule has 2 N–H and O–H groups in total. The topological polar surface area (TPSA) is 66.9 Å². The third-order valence-corrected chi connectivity index (χ3v) is 4.40. The average molecular weight is 302 g/mol. The van der Waals surface area contributed by atoms with E-state index in [0.29, 0.717) is 5.75 Å². The van der Waals surface area contributed by atoms with Crippen molar-refractivity contribution < 1.29 is 4.79 Å². The van der Waals surface area contributed by atoms with E-state index in [0.717, 1.165) is 35.3 Å². The zero-order valence-corrected chi connectivity index (χ0v) is 13.4. The Morgan fingerprint density at radius 1 is 1.37 bits per heavy atom. The van der Waals surface area contributed by atoms with Gasteiger partial charge in [-0.05, 0) is 19.8 Å². The van der Waals surface area contributed by atoms with Gasteiger partial charge in [-0.1, -0.05) is 43.4 Å². The number of nitrogens with zero attached hydrogens (tertiary/aromatic N) is 2. The standard InChI is InChI=1S/C12H22N4OS2/c1-4-6-9(3)14-10(17)8-18-12-16-15-11(19-12)13-7-5-2/h9H,4-8H2,1-3H3,(H,13,15)(H,14,17). The second kappa shape index (κ2) is 9.14. The molecule has 0 aliphatic heterocycles. The number of thioether (sulfide) groups is 1. The van der Waals surface area contributed by atoms with Crippen LogP contribution in [0.4, 0.5) is 5.13 Å². The van der Waals surface area contributed by atoms with Gasteiger partial charge in [-0.25, -0.2) is 0 Å². The fourth-order valence-electron chi connectivity index (χ4n) is 1.52. The SMILES string of the molecule is CCCNc1nnc(SCC(=O)NC(C)CCC)s1. The number of carbonyl (C=O) groups excluding carboxylic acids is 1. The van der Waals surface area contributed by atoms with Crippen LogP contribution in [-0.2, 0) is 4.79 Å². The van der Waals surface area contributed by atoms with Gasteiger partial charge < -0.3 is 10.6 Å². The van der Waals surface area contributed by atoms with Gasteiger partial charge in [0.2, 0.25) is 11.0 Å². The Hall–Kier alpha value is -0.820. The van der Waals surface area contributed by atoms with Crippen molar-refractivity contribution in [3.8, 4) is 0 Å². The van der Waals surface area contributed by atoms with Gasteiger partial charge in [0.1, 0.15) is 0 Å². The number of nitrogens with one attached hydrogen (secondary N) is 2. The van der Waals surface area contributed by atoms with E-state index in [1.807, 2.05) is 6.92 Å². The van der Waals surface area contributed by atoms with Gasteiger partial charge in [-0.15, -0.1) is 10.2 Å². The van der Waals surface area contributed by atoms with Gasteiger partial charge in [0.15, 0.2) is 4.34 Å². The smallest absolute Gasteiger partial charge is 0.230 e. The number of amides is 1. The van der Waals surface area contributed by atoms with E-state index in [9.17, 15) is 4.79 Å². The molecule has 1 heterocycles. The average Bonchev–Trinajstić information content (AvgIpc) is 2.82. The molecule has 0 fully saturated rings. The largest absolute Gasteiger partial charge is 0.360 e. The molecular weight excluding hydrogens is 280 g/mol. The van der Waals surface area contributed by atoms with Crippen molar-refractivity contribution in [2.45, 2.75) is 50.4 Å². The van der Waals surface area contributed by atoms with Gasteiger partial charge in [0.25, 0.3) is 0 Å². The maximum absolute atomic E-state index is 11.7. The Morgan fingerprint density at radius 3 is 2.84 bits per heavy atom. The Bertz CT molecular complexity index is 384. The van der Waals surface area contributed by atoms with Crippen LogP contribution in [-0.4, -0.2) is 34.4 Å². The van der Waals surface area contributed by atoms with Gasteiger partial charge >= 0.3 is 0 Å². The number of aromatic nitrogens is 2. The quantitative estimate of drug-likeness (QED) is 0.687. The van der Waals surface area contributed by atoms with Crippen LogP contribution in [0.3, 0.4) is 0 Å². The van der Waals surface area contributed by atoms with Crippen molar-refractivity contribution in [1.82, 2.24) is 15.5 Å². The molecule has 108 valence electrons. The lowest BCUT2D eigenvalue weighted by atomic mass is 10.2. The van der Waals surface area contributed by atoms with Gasteiger partial charge in [-0.2, -0.15) is 0 Å². The highest BCUT2D eigenvalue weighted by Gasteiger charge is 2.09. The molecule has 0 bridgehead atoms. The lowest BCUT2D eigenvalue weighted by Gasteiger charge is -2.11. The highest BCUT2D eigenvalue weighted by Crippen LogP contribution is 2.25. The minimum atomic E-state index is 0.0595. The first-order valence-electron chi connectivity index (χ1n) is 6.65. The van der Waals surface area contributed by atoms with Crippen molar-refractivity contribution >= 4 is 34.1 Å². The number of rotatable bonds is 9. The maximum atomic E-state index is 11.7. The summed E-state index contributed by atoms with van der Waals surface area (Å²) < 4.78 is 0.830. The molecule has 1 aromatic heterocycles. The fourth-order valence-corrected chi connectivity index (χ4v) is 3.11. The Labute approximate surface area is 123 Å². The Balaban J connectivity index is 2.27. The first kappa shape index (κ1) is 16.2. The van der Waals surface area contributed by atoms with Crippen molar-refractivity contribution in [3.05, 3.63) is 0 Å². The minimum absolute atomic E-state index is 0.0595. The predicted octanol–water partition coefficient (Wildman–Crippen LogP) is 2.76. The van der Waals surface area contributed by atoms with E-state index < -0.39 is 0 Å². The van der Waals surface area contributed by atoms with Crippen LogP contribution in [0.2, 0.25) is 0 Å². The summed E-state index contributed by atoms with van der Waals surface area (Å²) in [6.07, 6.45) is 3.15. The van der Waals surface area contributed by atoms with E-state index >= 15 is 0 Å². The molecule has 0 saturated carbocycles. The molecule has 0 aliphatic carbocycles. The highest BCUT2D eigenvalue weighted by molar-refractivity contribution is 8.01. The third-order valence-electron chi connectivity index (χ3n) is 2.39. The molecule has 0 aliphatic rings. The molecule has 1 atom stereocenters. The number of hydrogen-bond acceptors (Lipinski definition) is 6. The lowest BCUT2D eigenvalue weighted by Crippen LogP contribution is -2.33. The lowest BCUT2D eigenvalue weighted by molar-refractivity contribution is -0.119. The van der Waals surface area contributed by atoms with Crippen molar-refractivity contribution in [3.63, 3.8) is 0 Å². The molecule has 5 nitrogen and oxygen atoms in total. The summed E-state index contributed by atoms with van der Waals surface area (Å²) in [4.78, 5) is 11.7. The van der Waals surface area contributed by atoms with Gasteiger partial charge in [-0.3, -0.25) is 4.79 Å². The molecule has 1 amide bonds. The summed E-state index contributed by atoms with van der Waals surface area (Å²) in [5.74, 6) is 0.459. The summed E-state index contributed by atoms with van der Waals surface area (Å²) >= 11 is 2.93. The van der Waals surface area contributed by atoms with Crippen molar-refractivity contribution in [2.24, 2.45) is 0 Å². The maximum Gasteiger partial charge on any atom is 0.230 e. The van der Waals surface area contributed by atoms with Crippen molar-refractivity contribution in [2.75, 3.05) is 17.6 Å². The highest BCUT2D eigenvalue weighted by atomic mass is 32.2. The molecule has 0 saturated heterocycles. The first-order valence-corrected chi connectivity index (χ1v) is 8.45. The van der Waals surface area contributed by atoms with Crippen LogP contribution in [0, 0.1) is 0 Å². The number of hydrogen-bond donors (Lipinski definition) is 2. The van der Waals surface area contributed by atoms with Crippen LogP contribution in [0.15, 0.2) is 4.34 Å². The third kappa shape index (κ3) is 6.77. The molecule has 7 heteroatoms. The van der Waals surface area contributed by atoms with Crippen LogP contribution in [0.5, 0.6) is 0 Å². The monoisotopic (exact) mass is 302 g/mol. The van der Waals surface area contributed by atoms with Crippen LogP contribution < -0.4 is 10.6 Å². The molecule has 19 heavy (non-hydrogen) atoms. The van der Waals surface area contributed by atoms with E-state index in [-0.39, 0.29) is 11.9 Å². The molecule has 0 spiro atoms. The van der Waals surface area contributed by atoms with E-state index in [1.165, 1.54) is 23.1 Å². The molecule has 1 rings (SSSR count). The van der Waals surface area contributed by atoms with Crippen LogP contribution >= 0.6 is 23.1 Å². The minimum Gasteiger partial charge on any atom is -0.360 e. The Morgan fingerprint density at radius 2 is 2.16 bits per heavy atom. The fraction of sp³-hybridized carbons (Fsp3) is 0.750. The Kier molecular flexibility index (Phi) is 7.81. The van der Waals surface area contributed by atoms with Gasteiger partial charge in [0, 0.05) is 12.6 Å². The summed E-state index contributed by atoms with van der Waals surface area (Å²) in [7, 11) is 0. The van der Waals surface area contributed by atoms with Crippen molar-refractivity contribution in [1.29, 1.82) is 0 Å². The normalized spacial score (nSPS) is 12.2. The molecule has 0 radical (unpaired) electrons. The zero-order chi connectivity index (χ0) is 14.1. The van der Waals surface area contributed by atoms with E-state index in [2.05, 4.69) is 34.7 Å². The molecule has 0 aromatic carbocycles. The molecular formula is C12H22N4OS2. The van der Waals surface area contributed by atoms with E-state index in [4.69, 9.17) is 0 Å². The van der Waals surface area contributed by atoms with E-state index in [1.54, 1.807) is 0 Å².